The Morgan fingerprint density at radius 3 is 2.95 bits per heavy atom. The van der Waals surface area contributed by atoms with Crippen LogP contribution in [0.5, 0.6) is 0 Å². The van der Waals surface area contributed by atoms with E-state index in [0.29, 0.717) is 4.88 Å². The minimum absolute atomic E-state index is 0.0105. The highest BCUT2D eigenvalue weighted by Gasteiger charge is 2.26. The second kappa shape index (κ2) is 6.37. The molecule has 1 atom stereocenters. The maximum atomic E-state index is 12.0. The number of thiazole rings is 1. The summed E-state index contributed by atoms with van der Waals surface area (Å²) in [6, 6.07) is 10.4. The minimum atomic E-state index is -0.243. The Hall–Kier alpha value is -1.72. The fourth-order valence-electron chi connectivity index (χ4n) is 2.54. The molecular formula is C16H18N2O2S. The topological polar surface area (TPSA) is 42.4 Å². The lowest BCUT2D eigenvalue weighted by atomic mass is 10.2. The van der Waals surface area contributed by atoms with Crippen LogP contribution in [0.1, 0.15) is 26.7 Å². The summed E-state index contributed by atoms with van der Waals surface area (Å²) in [6.45, 7) is 4.57. The summed E-state index contributed by atoms with van der Waals surface area (Å²) in [4.78, 5) is 19.0. The second-order valence-corrected chi connectivity index (χ2v) is 6.52. The first-order valence-electron chi connectivity index (χ1n) is 7.10. The molecule has 0 N–H and O–H groups in total. The third-order valence-corrected chi connectivity index (χ3v) is 4.47. The number of hydrogen-bond donors (Lipinski definition) is 0. The molecule has 0 spiro atoms. The molecule has 1 aromatic heterocycles. The van der Waals surface area contributed by atoms with Crippen LogP contribution in [0.15, 0.2) is 36.5 Å². The van der Waals surface area contributed by atoms with Gasteiger partial charge in [-0.3, -0.25) is 4.90 Å². The van der Waals surface area contributed by atoms with Crippen LogP contribution in [0.2, 0.25) is 0 Å². The smallest absolute Gasteiger partial charge is 0.350 e. The Balaban J connectivity index is 1.52. The quantitative estimate of drug-likeness (QED) is 0.815. The summed E-state index contributed by atoms with van der Waals surface area (Å²) in [5.41, 5.74) is 1.29. The van der Waals surface area contributed by atoms with Crippen molar-refractivity contribution in [2.24, 2.45) is 0 Å². The molecule has 0 bridgehead atoms. The number of carbonyl (C=O) groups excluding carboxylic acids is 1. The van der Waals surface area contributed by atoms with Gasteiger partial charge in [0.15, 0.2) is 0 Å². The highest BCUT2D eigenvalue weighted by molar-refractivity contribution is 7.13. The molecule has 3 rings (SSSR count). The summed E-state index contributed by atoms with van der Waals surface area (Å²) >= 11 is 1.38. The van der Waals surface area contributed by atoms with E-state index in [2.05, 4.69) is 34.1 Å². The molecule has 1 aromatic carbocycles. The highest BCUT2D eigenvalue weighted by atomic mass is 32.1. The van der Waals surface area contributed by atoms with Crippen LogP contribution in [-0.4, -0.2) is 35.0 Å². The first kappa shape index (κ1) is 14.2. The van der Waals surface area contributed by atoms with Crippen LogP contribution in [-0.2, 0) is 11.3 Å². The first-order valence-corrected chi connectivity index (χ1v) is 7.92. The van der Waals surface area contributed by atoms with Crippen molar-refractivity contribution < 1.29 is 9.53 Å². The number of likely N-dealkylation sites (tertiary alicyclic amines) is 1. The van der Waals surface area contributed by atoms with Crippen molar-refractivity contribution in [3.8, 4) is 0 Å². The molecule has 2 heterocycles. The maximum Gasteiger partial charge on any atom is 0.350 e. The van der Waals surface area contributed by atoms with Crippen molar-refractivity contribution in [1.82, 2.24) is 9.88 Å². The van der Waals surface area contributed by atoms with Crippen molar-refractivity contribution in [3.05, 3.63) is 52.0 Å². The van der Waals surface area contributed by atoms with Gasteiger partial charge in [0.1, 0.15) is 11.0 Å². The van der Waals surface area contributed by atoms with Crippen molar-refractivity contribution in [2.75, 3.05) is 13.1 Å². The third kappa shape index (κ3) is 3.68. The summed E-state index contributed by atoms with van der Waals surface area (Å²) in [7, 11) is 0. The van der Waals surface area contributed by atoms with Gasteiger partial charge in [-0.1, -0.05) is 30.3 Å². The maximum absolute atomic E-state index is 12.0. The van der Waals surface area contributed by atoms with Gasteiger partial charge < -0.3 is 4.74 Å². The zero-order valence-electron chi connectivity index (χ0n) is 12.0. The molecule has 0 aliphatic carbocycles. The van der Waals surface area contributed by atoms with E-state index in [9.17, 15) is 4.79 Å². The predicted octanol–water partition coefficient (Wildman–Crippen LogP) is 2.88. The van der Waals surface area contributed by atoms with Gasteiger partial charge in [-0.2, -0.15) is 0 Å². The lowest BCUT2D eigenvalue weighted by Crippen LogP contribution is -2.24. The fourth-order valence-corrected chi connectivity index (χ4v) is 3.20. The summed E-state index contributed by atoms with van der Waals surface area (Å²) in [6.07, 6.45) is 2.48. The number of aromatic nitrogens is 1. The Morgan fingerprint density at radius 2 is 2.24 bits per heavy atom. The van der Waals surface area contributed by atoms with E-state index < -0.39 is 0 Å². The van der Waals surface area contributed by atoms with Gasteiger partial charge in [0.25, 0.3) is 0 Å². The van der Waals surface area contributed by atoms with Gasteiger partial charge >= 0.3 is 5.97 Å². The first-order chi connectivity index (χ1) is 10.2. The largest absolute Gasteiger partial charge is 0.457 e. The van der Waals surface area contributed by atoms with Crippen molar-refractivity contribution >= 4 is 17.3 Å². The standard InChI is InChI=1S/C16H18N2O2S/c1-12-17-9-15(21-12)16(19)20-14-7-8-18(11-14)10-13-5-3-2-4-6-13/h2-6,9,14H,7-8,10-11H2,1H3/t14-/m0/s1. The lowest BCUT2D eigenvalue weighted by molar-refractivity contribution is 0.0326. The molecule has 1 aliphatic rings. The van der Waals surface area contributed by atoms with Crippen LogP contribution in [0.25, 0.3) is 0 Å². The van der Waals surface area contributed by atoms with Gasteiger partial charge in [-0.15, -0.1) is 11.3 Å². The Bertz CT molecular complexity index is 612. The monoisotopic (exact) mass is 302 g/mol. The average molecular weight is 302 g/mol. The highest BCUT2D eigenvalue weighted by Crippen LogP contribution is 2.19. The van der Waals surface area contributed by atoms with Gasteiger partial charge in [0.05, 0.1) is 11.2 Å². The van der Waals surface area contributed by atoms with Gasteiger partial charge in [-0.05, 0) is 18.9 Å². The van der Waals surface area contributed by atoms with Crippen molar-refractivity contribution in [3.63, 3.8) is 0 Å². The Kier molecular flexibility index (Phi) is 4.31. The molecular weight excluding hydrogens is 284 g/mol. The third-order valence-electron chi connectivity index (χ3n) is 3.57. The molecule has 0 radical (unpaired) electrons. The fraction of sp³-hybridized carbons (Fsp3) is 0.375. The minimum Gasteiger partial charge on any atom is -0.457 e. The molecule has 4 nitrogen and oxygen atoms in total. The van der Waals surface area contributed by atoms with Crippen LogP contribution >= 0.6 is 11.3 Å². The SMILES string of the molecule is Cc1ncc(C(=O)O[C@H]2CCN(Cc3ccccc3)C2)s1. The number of ether oxygens (including phenoxy) is 1. The molecule has 21 heavy (non-hydrogen) atoms. The van der Waals surface area contributed by atoms with E-state index in [1.165, 1.54) is 16.9 Å². The van der Waals surface area contributed by atoms with Crippen LogP contribution < -0.4 is 0 Å². The van der Waals surface area contributed by atoms with E-state index in [0.717, 1.165) is 31.1 Å². The Labute approximate surface area is 128 Å². The van der Waals surface area contributed by atoms with Crippen LogP contribution in [0, 0.1) is 6.92 Å². The summed E-state index contributed by atoms with van der Waals surface area (Å²) in [5, 5.41) is 0.888. The van der Waals surface area contributed by atoms with E-state index in [1.54, 1.807) is 6.20 Å². The molecule has 110 valence electrons. The van der Waals surface area contributed by atoms with Crippen molar-refractivity contribution in [1.29, 1.82) is 0 Å². The van der Waals surface area contributed by atoms with Crippen LogP contribution in [0.4, 0.5) is 0 Å². The predicted molar refractivity (Wildman–Crippen MR) is 82.4 cm³/mol. The Morgan fingerprint density at radius 1 is 1.43 bits per heavy atom. The molecule has 5 heteroatoms. The van der Waals surface area contributed by atoms with Gasteiger partial charge in [0, 0.05) is 19.6 Å². The number of carbonyl (C=O) groups is 1. The van der Waals surface area contributed by atoms with Crippen molar-refractivity contribution in [2.45, 2.75) is 26.0 Å². The number of aryl methyl sites for hydroxylation is 1. The molecule has 0 unspecified atom stereocenters. The molecule has 1 fully saturated rings. The molecule has 0 amide bonds. The lowest BCUT2D eigenvalue weighted by Gasteiger charge is -2.16. The average Bonchev–Trinajstić information content (AvgIpc) is 3.09. The van der Waals surface area contributed by atoms with E-state index >= 15 is 0 Å². The number of hydrogen-bond acceptors (Lipinski definition) is 5. The van der Waals surface area contributed by atoms with E-state index in [4.69, 9.17) is 4.74 Å². The van der Waals surface area contributed by atoms with Crippen LogP contribution in [0.3, 0.4) is 0 Å². The second-order valence-electron chi connectivity index (χ2n) is 5.28. The zero-order chi connectivity index (χ0) is 14.7. The molecule has 1 aliphatic heterocycles. The van der Waals surface area contributed by atoms with Gasteiger partial charge in [0.2, 0.25) is 0 Å². The number of rotatable bonds is 4. The van der Waals surface area contributed by atoms with E-state index in [-0.39, 0.29) is 12.1 Å². The number of esters is 1. The number of benzene rings is 1. The normalized spacial score (nSPS) is 18.8. The summed E-state index contributed by atoms with van der Waals surface area (Å²) in [5.74, 6) is -0.243. The molecule has 0 saturated carbocycles. The van der Waals surface area contributed by atoms with Gasteiger partial charge in [-0.25, -0.2) is 9.78 Å². The number of nitrogens with zero attached hydrogens (tertiary/aromatic N) is 2. The molecule has 2 aromatic rings. The molecule has 1 saturated heterocycles. The summed E-state index contributed by atoms with van der Waals surface area (Å²) < 4.78 is 5.57. The van der Waals surface area contributed by atoms with E-state index in [1.807, 2.05) is 13.0 Å². The zero-order valence-corrected chi connectivity index (χ0v) is 12.8.